The van der Waals surface area contributed by atoms with Crippen LogP contribution in [0.4, 0.5) is 0 Å². The maximum absolute atomic E-state index is 9.40. The Morgan fingerprint density at radius 1 is 1.00 bits per heavy atom. The Morgan fingerprint density at radius 2 is 1.71 bits per heavy atom. The zero-order valence-corrected chi connectivity index (χ0v) is 10.4. The van der Waals surface area contributed by atoms with E-state index >= 15 is 0 Å². The fourth-order valence-corrected chi connectivity index (χ4v) is 1.57. The van der Waals surface area contributed by atoms with E-state index in [4.69, 9.17) is 27.9 Å². The van der Waals surface area contributed by atoms with Crippen LogP contribution in [-0.4, -0.2) is 5.11 Å². The summed E-state index contributed by atoms with van der Waals surface area (Å²) in [5.74, 6) is 0.585. The molecule has 0 heterocycles. The second-order valence-corrected chi connectivity index (χ2v) is 4.37. The highest BCUT2D eigenvalue weighted by Gasteiger charge is 2.01. The first-order valence-electron chi connectivity index (χ1n) is 5.01. The first-order chi connectivity index (χ1) is 8.15. The largest absolute Gasteiger partial charge is 0.506 e. The summed E-state index contributed by atoms with van der Waals surface area (Å²) in [6.07, 6.45) is 0. The molecule has 0 unspecified atom stereocenters. The molecule has 0 atom stereocenters. The second-order valence-electron chi connectivity index (χ2n) is 3.53. The lowest BCUT2D eigenvalue weighted by Gasteiger charge is -2.07. The first kappa shape index (κ1) is 12.1. The topological polar surface area (TPSA) is 29.5 Å². The van der Waals surface area contributed by atoms with E-state index in [2.05, 4.69) is 0 Å². The summed E-state index contributed by atoms with van der Waals surface area (Å²) in [5.41, 5.74) is 1.00. The Kier molecular flexibility index (Phi) is 3.77. The number of aromatic hydroxyl groups is 1. The van der Waals surface area contributed by atoms with Crippen molar-refractivity contribution in [1.82, 2.24) is 0 Å². The van der Waals surface area contributed by atoms with Gasteiger partial charge in [0.2, 0.25) is 0 Å². The molecule has 0 amide bonds. The van der Waals surface area contributed by atoms with Gasteiger partial charge in [-0.25, -0.2) is 0 Å². The molecule has 88 valence electrons. The van der Waals surface area contributed by atoms with Crippen LogP contribution in [0.1, 0.15) is 5.56 Å². The zero-order valence-electron chi connectivity index (χ0n) is 8.86. The van der Waals surface area contributed by atoms with E-state index in [9.17, 15) is 5.11 Å². The first-order valence-corrected chi connectivity index (χ1v) is 5.76. The van der Waals surface area contributed by atoms with Crippen molar-refractivity contribution in [2.24, 2.45) is 0 Å². The third-order valence-electron chi connectivity index (χ3n) is 2.24. The van der Waals surface area contributed by atoms with Gasteiger partial charge in [0.15, 0.2) is 0 Å². The highest BCUT2D eigenvalue weighted by Crippen LogP contribution is 2.27. The highest BCUT2D eigenvalue weighted by atomic mass is 35.5. The lowest BCUT2D eigenvalue weighted by molar-refractivity contribution is 0.304. The molecule has 0 aliphatic rings. The Bertz CT molecular complexity index is 509. The van der Waals surface area contributed by atoms with Gasteiger partial charge in [0, 0.05) is 11.1 Å². The van der Waals surface area contributed by atoms with E-state index in [0.717, 1.165) is 5.56 Å². The Morgan fingerprint density at radius 3 is 2.35 bits per heavy atom. The normalized spacial score (nSPS) is 10.2. The molecule has 4 heteroatoms. The summed E-state index contributed by atoms with van der Waals surface area (Å²) >= 11 is 11.5. The Labute approximate surface area is 109 Å². The van der Waals surface area contributed by atoms with Crippen molar-refractivity contribution in [3.63, 3.8) is 0 Å². The smallest absolute Gasteiger partial charge is 0.137 e. The van der Waals surface area contributed by atoms with E-state index in [0.29, 0.717) is 22.4 Å². The number of hydrogen-bond acceptors (Lipinski definition) is 2. The number of hydrogen-bond donors (Lipinski definition) is 1. The fraction of sp³-hybridized carbons (Fsp3) is 0.0769. The molecule has 0 fully saturated rings. The van der Waals surface area contributed by atoms with E-state index in [1.54, 1.807) is 24.3 Å². The van der Waals surface area contributed by atoms with E-state index in [1.807, 2.05) is 12.1 Å². The van der Waals surface area contributed by atoms with Gasteiger partial charge in [-0.1, -0.05) is 35.3 Å². The summed E-state index contributed by atoms with van der Waals surface area (Å²) in [5, 5.41) is 10.4. The highest BCUT2D eigenvalue weighted by molar-refractivity contribution is 6.32. The Hall–Kier alpha value is -1.38. The van der Waals surface area contributed by atoms with Crippen LogP contribution in [0.5, 0.6) is 11.5 Å². The molecule has 0 saturated carbocycles. The zero-order chi connectivity index (χ0) is 12.3. The number of ether oxygens (including phenoxy) is 1. The van der Waals surface area contributed by atoms with Crippen LogP contribution in [0.3, 0.4) is 0 Å². The van der Waals surface area contributed by atoms with Crippen LogP contribution in [0.15, 0.2) is 42.5 Å². The van der Waals surface area contributed by atoms with Crippen molar-refractivity contribution in [2.45, 2.75) is 6.61 Å². The van der Waals surface area contributed by atoms with E-state index < -0.39 is 0 Å². The summed E-state index contributed by atoms with van der Waals surface area (Å²) in [6.45, 7) is 0.415. The molecule has 0 bridgehead atoms. The van der Waals surface area contributed by atoms with Crippen LogP contribution < -0.4 is 4.74 Å². The summed E-state index contributed by atoms with van der Waals surface area (Å²) < 4.78 is 5.51. The van der Waals surface area contributed by atoms with Crippen LogP contribution in [-0.2, 0) is 6.61 Å². The van der Waals surface area contributed by atoms with Gasteiger partial charge in [0.05, 0.1) is 5.02 Å². The lowest BCUT2D eigenvalue weighted by atomic mass is 10.2. The maximum atomic E-state index is 9.40. The quantitative estimate of drug-likeness (QED) is 0.901. The average Bonchev–Trinajstić information content (AvgIpc) is 2.33. The maximum Gasteiger partial charge on any atom is 0.137 e. The number of benzene rings is 2. The predicted molar refractivity (Wildman–Crippen MR) is 68.9 cm³/mol. The molecule has 17 heavy (non-hydrogen) atoms. The number of phenolic OH excluding ortho intramolecular Hbond substituents is 1. The molecule has 0 aliphatic heterocycles. The van der Waals surface area contributed by atoms with Gasteiger partial charge in [0.1, 0.15) is 18.1 Å². The molecule has 0 spiro atoms. The minimum Gasteiger partial charge on any atom is -0.506 e. The van der Waals surface area contributed by atoms with Crippen molar-refractivity contribution in [3.8, 4) is 11.5 Å². The third-order valence-corrected chi connectivity index (χ3v) is 2.81. The van der Waals surface area contributed by atoms with E-state index in [-0.39, 0.29) is 5.75 Å². The molecule has 0 radical (unpaired) electrons. The fourth-order valence-electron chi connectivity index (χ4n) is 1.33. The molecule has 2 aromatic rings. The SMILES string of the molecule is Oc1cc(OCc2ccc(Cl)cc2)ccc1Cl. The number of rotatable bonds is 3. The predicted octanol–water partition coefficient (Wildman–Crippen LogP) is 4.28. The van der Waals surface area contributed by atoms with Gasteiger partial charge in [-0.3, -0.25) is 0 Å². The van der Waals surface area contributed by atoms with Crippen molar-refractivity contribution < 1.29 is 9.84 Å². The van der Waals surface area contributed by atoms with Crippen LogP contribution >= 0.6 is 23.2 Å². The number of phenols is 1. The summed E-state index contributed by atoms with van der Waals surface area (Å²) in [6, 6.07) is 12.2. The van der Waals surface area contributed by atoms with Crippen LogP contribution in [0.25, 0.3) is 0 Å². The van der Waals surface area contributed by atoms with Gasteiger partial charge in [0.25, 0.3) is 0 Å². The average molecular weight is 269 g/mol. The molecule has 2 aromatic carbocycles. The van der Waals surface area contributed by atoms with E-state index in [1.165, 1.54) is 6.07 Å². The molecule has 0 aromatic heterocycles. The summed E-state index contributed by atoms with van der Waals surface area (Å²) in [4.78, 5) is 0. The van der Waals surface area contributed by atoms with Gasteiger partial charge in [-0.05, 0) is 29.8 Å². The van der Waals surface area contributed by atoms with Crippen LogP contribution in [0, 0.1) is 0 Å². The minimum absolute atomic E-state index is 0.0141. The second kappa shape index (κ2) is 5.30. The van der Waals surface area contributed by atoms with Crippen molar-refractivity contribution in [3.05, 3.63) is 58.1 Å². The van der Waals surface area contributed by atoms with Crippen LogP contribution in [0.2, 0.25) is 10.0 Å². The number of halogens is 2. The lowest BCUT2D eigenvalue weighted by Crippen LogP contribution is -1.94. The van der Waals surface area contributed by atoms with Crippen molar-refractivity contribution in [1.29, 1.82) is 0 Å². The van der Waals surface area contributed by atoms with Gasteiger partial charge < -0.3 is 9.84 Å². The van der Waals surface area contributed by atoms with Crippen molar-refractivity contribution >= 4 is 23.2 Å². The minimum atomic E-state index is 0.0141. The molecule has 2 nitrogen and oxygen atoms in total. The molecular formula is C13H10Cl2O2. The van der Waals surface area contributed by atoms with Gasteiger partial charge in [-0.2, -0.15) is 0 Å². The van der Waals surface area contributed by atoms with Crippen molar-refractivity contribution in [2.75, 3.05) is 0 Å². The summed E-state index contributed by atoms with van der Waals surface area (Å²) in [7, 11) is 0. The van der Waals surface area contributed by atoms with Gasteiger partial charge in [-0.15, -0.1) is 0 Å². The molecule has 0 aliphatic carbocycles. The standard InChI is InChI=1S/C13H10Cl2O2/c14-10-3-1-9(2-4-10)8-17-11-5-6-12(15)13(16)7-11/h1-7,16H,8H2. The van der Waals surface area contributed by atoms with Gasteiger partial charge >= 0.3 is 0 Å². The Balaban J connectivity index is 2.02. The molecule has 2 rings (SSSR count). The molecule has 1 N–H and O–H groups in total. The third kappa shape index (κ3) is 3.29. The monoisotopic (exact) mass is 268 g/mol. The molecule has 0 saturated heterocycles. The molecular weight excluding hydrogens is 259 g/mol.